The number of hydrogen-bond donors (Lipinski definition) is 1. The fraction of sp³-hybridized carbons (Fsp3) is 0.421. The van der Waals surface area contributed by atoms with Crippen molar-refractivity contribution in [2.75, 3.05) is 25.5 Å². The predicted octanol–water partition coefficient (Wildman–Crippen LogP) is 3.51. The van der Waals surface area contributed by atoms with Crippen molar-refractivity contribution >= 4 is 11.7 Å². The molecular formula is C19H24N4O. The van der Waals surface area contributed by atoms with Crippen molar-refractivity contribution in [1.82, 2.24) is 14.9 Å². The number of nitrogens with zero attached hydrogens (tertiary/aromatic N) is 3. The molecule has 0 saturated carbocycles. The zero-order valence-electron chi connectivity index (χ0n) is 14.4. The molecule has 3 rings (SSSR count). The first-order valence-corrected chi connectivity index (χ1v) is 8.60. The zero-order chi connectivity index (χ0) is 16.9. The van der Waals surface area contributed by atoms with Crippen molar-refractivity contribution < 1.29 is 4.79 Å². The number of carbonyl (C=O) groups is 1. The normalized spacial score (nSPS) is 15.0. The Labute approximate surface area is 143 Å². The molecule has 1 saturated heterocycles. The number of benzene rings is 1. The van der Waals surface area contributed by atoms with Crippen molar-refractivity contribution in [3.05, 3.63) is 41.6 Å². The topological polar surface area (TPSA) is 58.1 Å². The molecule has 0 spiro atoms. The maximum absolute atomic E-state index is 12.8. The Balaban J connectivity index is 1.88. The van der Waals surface area contributed by atoms with Crippen LogP contribution in [0.5, 0.6) is 0 Å². The van der Waals surface area contributed by atoms with Crippen LogP contribution in [0.2, 0.25) is 0 Å². The Hall–Kier alpha value is -2.43. The average Bonchev–Trinajstić information content (AvgIpc) is 2.90. The van der Waals surface area contributed by atoms with Crippen LogP contribution in [-0.2, 0) is 0 Å². The van der Waals surface area contributed by atoms with Crippen molar-refractivity contribution in [2.24, 2.45) is 0 Å². The molecule has 1 fully saturated rings. The number of hydrogen-bond acceptors (Lipinski definition) is 4. The van der Waals surface area contributed by atoms with Crippen LogP contribution in [0.25, 0.3) is 11.4 Å². The molecule has 1 amide bonds. The minimum atomic E-state index is 0.111. The summed E-state index contributed by atoms with van der Waals surface area (Å²) in [4.78, 5) is 23.8. The Morgan fingerprint density at radius 3 is 2.54 bits per heavy atom. The highest BCUT2D eigenvalue weighted by molar-refractivity contribution is 5.95. The molecule has 1 aliphatic heterocycles. The fourth-order valence-corrected chi connectivity index (χ4v) is 3.07. The Kier molecular flexibility index (Phi) is 5.08. The van der Waals surface area contributed by atoms with Crippen LogP contribution in [-0.4, -0.2) is 40.9 Å². The summed E-state index contributed by atoms with van der Waals surface area (Å²) in [7, 11) is 1.84. The summed E-state index contributed by atoms with van der Waals surface area (Å²) >= 11 is 0. The van der Waals surface area contributed by atoms with Crippen molar-refractivity contribution in [1.29, 1.82) is 0 Å². The summed E-state index contributed by atoms with van der Waals surface area (Å²) in [5.41, 5.74) is 2.48. The van der Waals surface area contributed by atoms with Crippen molar-refractivity contribution in [3.63, 3.8) is 0 Å². The molecule has 1 aromatic heterocycles. The van der Waals surface area contributed by atoms with Gasteiger partial charge in [0.15, 0.2) is 5.82 Å². The van der Waals surface area contributed by atoms with Crippen LogP contribution in [0, 0.1) is 6.92 Å². The number of aryl methyl sites for hydroxylation is 1. The molecule has 0 bridgehead atoms. The quantitative estimate of drug-likeness (QED) is 0.938. The van der Waals surface area contributed by atoms with Crippen molar-refractivity contribution in [2.45, 2.75) is 32.6 Å². The first-order chi connectivity index (χ1) is 11.7. The van der Waals surface area contributed by atoms with E-state index in [9.17, 15) is 4.79 Å². The van der Waals surface area contributed by atoms with Crippen LogP contribution in [0.3, 0.4) is 0 Å². The van der Waals surface area contributed by atoms with E-state index >= 15 is 0 Å². The van der Waals surface area contributed by atoms with Gasteiger partial charge in [0, 0.05) is 43.0 Å². The van der Waals surface area contributed by atoms with Gasteiger partial charge in [-0.2, -0.15) is 0 Å². The molecule has 0 atom stereocenters. The Bertz CT molecular complexity index is 721. The number of likely N-dealkylation sites (tertiary alicyclic amines) is 1. The van der Waals surface area contributed by atoms with E-state index in [2.05, 4.69) is 15.3 Å². The molecule has 5 heteroatoms. The molecule has 1 aromatic carbocycles. The van der Waals surface area contributed by atoms with E-state index in [-0.39, 0.29) is 5.91 Å². The minimum Gasteiger partial charge on any atom is -0.373 e. The predicted molar refractivity (Wildman–Crippen MR) is 96.1 cm³/mol. The summed E-state index contributed by atoms with van der Waals surface area (Å²) < 4.78 is 0. The van der Waals surface area contributed by atoms with Gasteiger partial charge in [-0.1, -0.05) is 25.0 Å². The summed E-state index contributed by atoms with van der Waals surface area (Å²) in [6, 6.07) is 9.54. The van der Waals surface area contributed by atoms with Gasteiger partial charge in [-0.3, -0.25) is 4.79 Å². The van der Waals surface area contributed by atoms with Crippen molar-refractivity contribution in [3.8, 4) is 11.4 Å². The third-order valence-corrected chi connectivity index (χ3v) is 4.37. The fourth-order valence-electron chi connectivity index (χ4n) is 3.07. The van der Waals surface area contributed by atoms with Gasteiger partial charge >= 0.3 is 0 Å². The standard InChI is InChI=1S/C19H24N4O/c1-14-12-17(20-2)22-18(21-14)15-8-7-9-16(13-15)19(24)23-10-5-3-4-6-11-23/h7-9,12-13H,3-6,10-11H2,1-2H3,(H,20,21,22). The summed E-state index contributed by atoms with van der Waals surface area (Å²) in [5, 5.41) is 3.05. The van der Waals surface area contributed by atoms with Crippen LogP contribution in [0.15, 0.2) is 30.3 Å². The van der Waals surface area contributed by atoms with Gasteiger partial charge < -0.3 is 10.2 Å². The van der Waals surface area contributed by atoms with Gasteiger partial charge in [0.05, 0.1) is 0 Å². The van der Waals surface area contributed by atoms with E-state index in [4.69, 9.17) is 0 Å². The lowest BCUT2D eigenvalue weighted by atomic mass is 10.1. The first kappa shape index (κ1) is 16.4. The minimum absolute atomic E-state index is 0.111. The van der Waals surface area contributed by atoms with Crippen LogP contribution in [0.4, 0.5) is 5.82 Å². The van der Waals surface area contributed by atoms with E-state index in [0.29, 0.717) is 11.4 Å². The molecule has 126 valence electrons. The van der Waals surface area contributed by atoms with E-state index in [1.54, 1.807) is 0 Å². The molecule has 1 N–H and O–H groups in total. The summed E-state index contributed by atoms with van der Waals surface area (Å²) in [6.45, 7) is 3.65. The lowest BCUT2D eigenvalue weighted by Crippen LogP contribution is -2.31. The monoisotopic (exact) mass is 324 g/mol. The number of aromatic nitrogens is 2. The Morgan fingerprint density at radius 2 is 1.83 bits per heavy atom. The lowest BCUT2D eigenvalue weighted by Gasteiger charge is -2.20. The highest BCUT2D eigenvalue weighted by Crippen LogP contribution is 2.21. The number of rotatable bonds is 3. The highest BCUT2D eigenvalue weighted by atomic mass is 16.2. The maximum Gasteiger partial charge on any atom is 0.253 e. The third kappa shape index (κ3) is 3.72. The molecule has 2 heterocycles. The van der Waals surface area contributed by atoms with E-state index in [1.165, 1.54) is 12.8 Å². The zero-order valence-corrected chi connectivity index (χ0v) is 14.4. The molecule has 0 aliphatic carbocycles. The second-order valence-electron chi connectivity index (χ2n) is 6.26. The second kappa shape index (κ2) is 7.43. The molecular weight excluding hydrogens is 300 g/mol. The third-order valence-electron chi connectivity index (χ3n) is 4.37. The van der Waals surface area contributed by atoms with Gasteiger partial charge in [0.25, 0.3) is 5.91 Å². The number of nitrogens with one attached hydrogen (secondary N) is 1. The average molecular weight is 324 g/mol. The number of anilines is 1. The van der Waals surface area contributed by atoms with Gasteiger partial charge in [-0.25, -0.2) is 9.97 Å². The number of carbonyl (C=O) groups excluding carboxylic acids is 1. The van der Waals surface area contributed by atoms with Crippen LogP contribution < -0.4 is 5.32 Å². The van der Waals surface area contributed by atoms with Gasteiger partial charge in [0.1, 0.15) is 5.82 Å². The molecule has 0 unspecified atom stereocenters. The summed E-state index contributed by atoms with van der Waals surface area (Å²) in [6.07, 6.45) is 4.62. The smallest absolute Gasteiger partial charge is 0.253 e. The second-order valence-corrected chi connectivity index (χ2v) is 6.26. The van der Waals surface area contributed by atoms with Gasteiger partial charge in [-0.05, 0) is 31.9 Å². The molecule has 0 radical (unpaired) electrons. The molecule has 5 nitrogen and oxygen atoms in total. The SMILES string of the molecule is CNc1cc(C)nc(-c2cccc(C(=O)N3CCCCCC3)c2)n1. The first-order valence-electron chi connectivity index (χ1n) is 8.60. The molecule has 1 aliphatic rings. The van der Waals surface area contributed by atoms with Gasteiger partial charge in [0.2, 0.25) is 0 Å². The maximum atomic E-state index is 12.8. The summed E-state index contributed by atoms with van der Waals surface area (Å²) in [5.74, 6) is 1.53. The van der Waals surface area contributed by atoms with Crippen LogP contribution in [0.1, 0.15) is 41.7 Å². The van der Waals surface area contributed by atoms with E-state index in [0.717, 1.165) is 43.0 Å². The molecule has 2 aromatic rings. The Morgan fingerprint density at radius 1 is 1.08 bits per heavy atom. The highest BCUT2D eigenvalue weighted by Gasteiger charge is 2.18. The van der Waals surface area contributed by atoms with Crippen LogP contribution >= 0.6 is 0 Å². The van der Waals surface area contributed by atoms with E-state index < -0.39 is 0 Å². The van der Waals surface area contributed by atoms with E-state index in [1.807, 2.05) is 49.2 Å². The molecule has 24 heavy (non-hydrogen) atoms. The largest absolute Gasteiger partial charge is 0.373 e. The van der Waals surface area contributed by atoms with Gasteiger partial charge in [-0.15, -0.1) is 0 Å². The number of amides is 1. The lowest BCUT2D eigenvalue weighted by molar-refractivity contribution is 0.0761.